The molecule has 3 nitrogen and oxygen atoms in total. The standard InChI is InChI=1S/C14H17NO2/c16-14-12-7-15(8-13(14)10-17-9-12)6-11-4-2-1-3-5-11/h1-5,12-13H,6-10H2/t12-,13?/m0/s1. The van der Waals surface area contributed by atoms with E-state index in [1.54, 1.807) is 0 Å². The molecule has 2 heterocycles. The number of likely N-dealkylation sites (tertiary alicyclic amines) is 1. The molecular formula is C14H17NO2. The van der Waals surface area contributed by atoms with Crippen LogP contribution in [0.5, 0.6) is 0 Å². The van der Waals surface area contributed by atoms with Gasteiger partial charge in [-0.05, 0) is 5.56 Å². The lowest BCUT2D eigenvalue weighted by Gasteiger charge is -2.39. The fourth-order valence-corrected chi connectivity index (χ4v) is 2.80. The van der Waals surface area contributed by atoms with Crippen LogP contribution in [-0.4, -0.2) is 37.0 Å². The highest BCUT2D eigenvalue weighted by Gasteiger charge is 2.38. The average Bonchev–Trinajstić information content (AvgIpc) is 2.32. The van der Waals surface area contributed by atoms with Crippen molar-refractivity contribution in [3.63, 3.8) is 0 Å². The molecule has 3 heteroatoms. The Kier molecular flexibility index (Phi) is 2.95. The van der Waals surface area contributed by atoms with E-state index in [2.05, 4.69) is 29.2 Å². The van der Waals surface area contributed by atoms with Crippen molar-refractivity contribution in [2.24, 2.45) is 11.8 Å². The smallest absolute Gasteiger partial charge is 0.146 e. The Morgan fingerprint density at radius 2 is 1.76 bits per heavy atom. The average molecular weight is 231 g/mol. The van der Waals surface area contributed by atoms with Crippen LogP contribution in [-0.2, 0) is 16.1 Å². The molecule has 2 fully saturated rings. The topological polar surface area (TPSA) is 29.5 Å². The summed E-state index contributed by atoms with van der Waals surface area (Å²) in [5.74, 6) is 0.623. The van der Waals surface area contributed by atoms with Gasteiger partial charge in [0.1, 0.15) is 5.78 Å². The van der Waals surface area contributed by atoms with Crippen molar-refractivity contribution < 1.29 is 9.53 Å². The zero-order valence-corrected chi connectivity index (χ0v) is 9.84. The molecule has 1 aromatic rings. The molecule has 2 aliphatic rings. The molecule has 0 amide bonds. The lowest BCUT2D eigenvalue weighted by atomic mass is 9.86. The van der Waals surface area contributed by atoms with Crippen molar-refractivity contribution >= 4 is 5.78 Å². The predicted octanol–water partition coefficient (Wildman–Crippen LogP) is 1.33. The summed E-state index contributed by atoms with van der Waals surface area (Å²) in [5.41, 5.74) is 1.32. The molecule has 1 unspecified atom stereocenters. The largest absolute Gasteiger partial charge is 0.380 e. The molecule has 90 valence electrons. The molecule has 2 bridgehead atoms. The van der Waals surface area contributed by atoms with Crippen LogP contribution in [0.15, 0.2) is 30.3 Å². The lowest BCUT2D eigenvalue weighted by molar-refractivity contribution is -0.145. The summed E-state index contributed by atoms with van der Waals surface area (Å²) in [6.07, 6.45) is 0. The van der Waals surface area contributed by atoms with E-state index < -0.39 is 0 Å². The van der Waals surface area contributed by atoms with Crippen molar-refractivity contribution in [2.75, 3.05) is 26.3 Å². The molecule has 0 spiro atoms. The monoisotopic (exact) mass is 231 g/mol. The predicted molar refractivity (Wildman–Crippen MR) is 64.5 cm³/mol. The number of benzene rings is 1. The third-order valence-corrected chi connectivity index (χ3v) is 3.65. The molecule has 2 aliphatic heterocycles. The van der Waals surface area contributed by atoms with Gasteiger partial charge in [-0.2, -0.15) is 0 Å². The van der Waals surface area contributed by atoms with Crippen LogP contribution in [0.3, 0.4) is 0 Å². The summed E-state index contributed by atoms with van der Waals surface area (Å²) in [6.45, 7) is 3.87. The van der Waals surface area contributed by atoms with E-state index in [1.807, 2.05) is 6.07 Å². The van der Waals surface area contributed by atoms with Crippen LogP contribution in [0.2, 0.25) is 0 Å². The molecule has 0 saturated carbocycles. The third-order valence-electron chi connectivity index (χ3n) is 3.65. The van der Waals surface area contributed by atoms with Gasteiger partial charge in [-0.3, -0.25) is 9.69 Å². The fraction of sp³-hybridized carbons (Fsp3) is 0.500. The van der Waals surface area contributed by atoms with Gasteiger partial charge in [0.05, 0.1) is 25.0 Å². The number of rotatable bonds is 2. The van der Waals surface area contributed by atoms with Gasteiger partial charge in [-0.15, -0.1) is 0 Å². The Balaban J connectivity index is 1.68. The second kappa shape index (κ2) is 4.59. The number of fused-ring (bicyclic) bond motifs is 2. The minimum atomic E-state index is 0.103. The molecule has 1 aromatic carbocycles. The van der Waals surface area contributed by atoms with Gasteiger partial charge in [-0.25, -0.2) is 0 Å². The summed E-state index contributed by atoms with van der Waals surface area (Å²) in [4.78, 5) is 14.3. The molecule has 0 aromatic heterocycles. The summed E-state index contributed by atoms with van der Waals surface area (Å²) in [5, 5.41) is 0. The molecule has 0 radical (unpaired) electrons. The van der Waals surface area contributed by atoms with Crippen molar-refractivity contribution in [3.05, 3.63) is 35.9 Å². The number of carbonyl (C=O) groups is 1. The van der Waals surface area contributed by atoms with E-state index in [9.17, 15) is 4.79 Å². The summed E-state index contributed by atoms with van der Waals surface area (Å²) < 4.78 is 5.46. The van der Waals surface area contributed by atoms with E-state index in [0.29, 0.717) is 19.0 Å². The summed E-state index contributed by atoms with van der Waals surface area (Å²) >= 11 is 0. The molecule has 2 saturated heterocycles. The minimum Gasteiger partial charge on any atom is -0.380 e. The second-order valence-electron chi connectivity index (χ2n) is 5.01. The third kappa shape index (κ3) is 2.26. The van der Waals surface area contributed by atoms with Crippen LogP contribution in [0, 0.1) is 11.8 Å². The number of nitrogens with zero attached hydrogens (tertiary/aromatic N) is 1. The molecule has 0 N–H and O–H groups in total. The molecule has 2 atom stereocenters. The highest BCUT2D eigenvalue weighted by Crippen LogP contribution is 2.24. The summed E-state index contributed by atoms with van der Waals surface area (Å²) in [7, 11) is 0. The first-order valence-electron chi connectivity index (χ1n) is 6.20. The van der Waals surface area contributed by atoms with E-state index in [-0.39, 0.29) is 11.8 Å². The van der Waals surface area contributed by atoms with E-state index >= 15 is 0 Å². The number of Topliss-reactive ketones (excluding diaryl/α,β-unsaturated/α-hetero) is 1. The van der Waals surface area contributed by atoms with Crippen molar-refractivity contribution in [2.45, 2.75) is 6.54 Å². The van der Waals surface area contributed by atoms with Crippen molar-refractivity contribution in [3.8, 4) is 0 Å². The first kappa shape index (κ1) is 10.9. The second-order valence-corrected chi connectivity index (χ2v) is 5.01. The maximum atomic E-state index is 11.9. The Bertz CT molecular complexity index is 388. The van der Waals surface area contributed by atoms with Gasteiger partial charge in [0.15, 0.2) is 0 Å². The quantitative estimate of drug-likeness (QED) is 0.769. The Labute approximate surface area is 101 Å². The number of carbonyl (C=O) groups excluding carboxylic acids is 1. The number of piperidine rings is 1. The van der Waals surface area contributed by atoms with Crippen molar-refractivity contribution in [1.29, 1.82) is 0 Å². The Morgan fingerprint density at radius 3 is 2.41 bits per heavy atom. The highest BCUT2D eigenvalue weighted by molar-refractivity contribution is 5.85. The maximum Gasteiger partial charge on any atom is 0.146 e. The molecule has 17 heavy (non-hydrogen) atoms. The van der Waals surface area contributed by atoms with Crippen LogP contribution in [0.25, 0.3) is 0 Å². The summed E-state index contributed by atoms with van der Waals surface area (Å²) in [6, 6.07) is 10.4. The number of hydrogen-bond acceptors (Lipinski definition) is 3. The lowest BCUT2D eigenvalue weighted by Crippen LogP contribution is -2.52. The first-order valence-corrected chi connectivity index (χ1v) is 6.20. The fourth-order valence-electron chi connectivity index (χ4n) is 2.80. The normalized spacial score (nSPS) is 29.3. The van der Waals surface area contributed by atoms with E-state index in [1.165, 1.54) is 5.56 Å². The maximum absolute atomic E-state index is 11.9. The Hall–Kier alpha value is -1.19. The molecular weight excluding hydrogens is 214 g/mol. The zero-order chi connectivity index (χ0) is 11.7. The van der Waals surface area contributed by atoms with Crippen LogP contribution < -0.4 is 0 Å². The van der Waals surface area contributed by atoms with Gasteiger partial charge < -0.3 is 4.74 Å². The van der Waals surface area contributed by atoms with Crippen LogP contribution >= 0.6 is 0 Å². The van der Waals surface area contributed by atoms with Crippen LogP contribution in [0.4, 0.5) is 0 Å². The van der Waals surface area contributed by atoms with E-state index in [4.69, 9.17) is 4.74 Å². The van der Waals surface area contributed by atoms with Gasteiger partial charge in [0.2, 0.25) is 0 Å². The Morgan fingerprint density at radius 1 is 1.12 bits per heavy atom. The van der Waals surface area contributed by atoms with Crippen molar-refractivity contribution in [1.82, 2.24) is 4.90 Å². The molecule has 0 aliphatic carbocycles. The van der Waals surface area contributed by atoms with Gasteiger partial charge in [-0.1, -0.05) is 30.3 Å². The van der Waals surface area contributed by atoms with Gasteiger partial charge in [0, 0.05) is 19.6 Å². The number of hydrogen-bond donors (Lipinski definition) is 0. The van der Waals surface area contributed by atoms with Gasteiger partial charge >= 0.3 is 0 Å². The van der Waals surface area contributed by atoms with E-state index in [0.717, 1.165) is 19.6 Å². The molecule has 3 rings (SSSR count). The zero-order valence-electron chi connectivity index (χ0n) is 9.84. The SMILES string of the molecule is O=C1C2COC[C@@H]1CN(Cc1ccccc1)C2. The number of ether oxygens (including phenoxy) is 1. The highest BCUT2D eigenvalue weighted by atomic mass is 16.5. The van der Waals surface area contributed by atoms with Gasteiger partial charge in [0.25, 0.3) is 0 Å². The minimum absolute atomic E-state index is 0.103. The van der Waals surface area contributed by atoms with Crippen LogP contribution in [0.1, 0.15) is 5.56 Å². The first-order chi connectivity index (χ1) is 8.33. The number of ketones is 1.